The molecule has 0 aliphatic heterocycles. The van der Waals surface area contributed by atoms with Crippen LogP contribution in [-0.2, 0) is 6.61 Å². The molecule has 5 heteroatoms. The van der Waals surface area contributed by atoms with Crippen molar-refractivity contribution in [3.8, 4) is 23.0 Å². The van der Waals surface area contributed by atoms with Gasteiger partial charge in [0.25, 0.3) is 0 Å². The summed E-state index contributed by atoms with van der Waals surface area (Å²) in [4.78, 5) is 9.14. The Morgan fingerprint density at radius 1 is 1.00 bits per heavy atom. The second-order valence-electron chi connectivity index (χ2n) is 5.71. The lowest BCUT2D eigenvalue weighted by Gasteiger charge is -2.12. The van der Waals surface area contributed by atoms with E-state index in [1.165, 1.54) is 0 Å². The van der Waals surface area contributed by atoms with Crippen LogP contribution in [0.1, 0.15) is 16.8 Å². The van der Waals surface area contributed by atoms with Gasteiger partial charge in [-0.2, -0.15) is 4.98 Å². The number of hydrogen-bond acceptors (Lipinski definition) is 4. The molecule has 0 saturated carbocycles. The molecule has 0 amide bonds. The van der Waals surface area contributed by atoms with Crippen molar-refractivity contribution in [2.45, 2.75) is 20.5 Å². The van der Waals surface area contributed by atoms with E-state index < -0.39 is 0 Å². The molecular weight excluding hydrogens is 336 g/mol. The van der Waals surface area contributed by atoms with Gasteiger partial charge in [0.1, 0.15) is 12.4 Å². The largest absolute Gasteiger partial charge is 0.497 e. The van der Waals surface area contributed by atoms with E-state index in [0.717, 1.165) is 28.1 Å². The molecule has 0 aliphatic carbocycles. The van der Waals surface area contributed by atoms with Crippen molar-refractivity contribution in [1.82, 2.24) is 9.97 Å². The highest BCUT2D eigenvalue weighted by molar-refractivity contribution is 6.30. The molecule has 0 aliphatic rings. The number of rotatable bonds is 5. The maximum Gasteiger partial charge on any atom is 0.220 e. The number of nitrogens with zero attached hydrogens (tertiary/aromatic N) is 2. The van der Waals surface area contributed by atoms with Crippen LogP contribution in [0.5, 0.6) is 11.6 Å². The van der Waals surface area contributed by atoms with E-state index in [9.17, 15) is 0 Å². The van der Waals surface area contributed by atoms with Crippen molar-refractivity contribution < 1.29 is 9.47 Å². The lowest BCUT2D eigenvalue weighted by molar-refractivity contribution is 0.290. The number of methoxy groups -OCH3 is 1. The van der Waals surface area contributed by atoms with E-state index in [1.807, 2.05) is 62.4 Å². The molecule has 3 aromatic rings. The minimum Gasteiger partial charge on any atom is -0.497 e. The number of aryl methyl sites for hydroxylation is 1. The molecule has 0 fully saturated rings. The molecule has 4 nitrogen and oxygen atoms in total. The SMILES string of the molecule is COc1cccc(COc2nc(-c3cccc(Cl)c3)nc(C)c2C)c1. The van der Waals surface area contributed by atoms with Crippen molar-refractivity contribution in [3.05, 3.63) is 70.4 Å². The monoisotopic (exact) mass is 354 g/mol. The molecule has 128 valence electrons. The standard InChI is InChI=1S/C20H19ClN2O2/c1-13-14(2)22-19(16-7-5-8-17(21)11-16)23-20(13)25-12-15-6-4-9-18(10-15)24-3/h4-11H,12H2,1-3H3. The van der Waals surface area contributed by atoms with Crippen LogP contribution in [0, 0.1) is 13.8 Å². The Kier molecular flexibility index (Phi) is 5.19. The Morgan fingerprint density at radius 2 is 1.80 bits per heavy atom. The van der Waals surface area contributed by atoms with Gasteiger partial charge < -0.3 is 9.47 Å². The van der Waals surface area contributed by atoms with Gasteiger partial charge in [0.05, 0.1) is 7.11 Å². The average Bonchev–Trinajstić information content (AvgIpc) is 2.63. The fourth-order valence-electron chi connectivity index (χ4n) is 2.41. The summed E-state index contributed by atoms with van der Waals surface area (Å²) in [5.41, 5.74) is 3.68. The highest BCUT2D eigenvalue weighted by atomic mass is 35.5. The Morgan fingerprint density at radius 3 is 2.56 bits per heavy atom. The van der Waals surface area contributed by atoms with Crippen LogP contribution >= 0.6 is 11.6 Å². The van der Waals surface area contributed by atoms with Gasteiger partial charge in [-0.3, -0.25) is 0 Å². The lowest BCUT2D eigenvalue weighted by atomic mass is 10.2. The fourth-order valence-corrected chi connectivity index (χ4v) is 2.60. The van der Waals surface area contributed by atoms with Crippen molar-refractivity contribution in [2.24, 2.45) is 0 Å². The van der Waals surface area contributed by atoms with E-state index in [-0.39, 0.29) is 0 Å². The normalized spacial score (nSPS) is 10.6. The summed E-state index contributed by atoms with van der Waals surface area (Å²) in [5, 5.41) is 0.651. The van der Waals surface area contributed by atoms with E-state index in [0.29, 0.717) is 23.3 Å². The highest BCUT2D eigenvalue weighted by Crippen LogP contribution is 2.26. The topological polar surface area (TPSA) is 44.2 Å². The van der Waals surface area contributed by atoms with Crippen LogP contribution in [0.15, 0.2) is 48.5 Å². The first-order valence-electron chi connectivity index (χ1n) is 7.93. The summed E-state index contributed by atoms with van der Waals surface area (Å²) in [6.07, 6.45) is 0. The van der Waals surface area contributed by atoms with Crippen LogP contribution in [0.4, 0.5) is 0 Å². The summed E-state index contributed by atoms with van der Waals surface area (Å²) < 4.78 is 11.2. The van der Waals surface area contributed by atoms with Crippen molar-refractivity contribution in [2.75, 3.05) is 7.11 Å². The average molecular weight is 355 g/mol. The number of hydrogen-bond donors (Lipinski definition) is 0. The zero-order chi connectivity index (χ0) is 17.8. The van der Waals surface area contributed by atoms with E-state index in [1.54, 1.807) is 7.11 Å². The maximum atomic E-state index is 6.08. The smallest absolute Gasteiger partial charge is 0.220 e. The molecule has 1 aromatic heterocycles. The number of aromatic nitrogens is 2. The predicted octanol–water partition coefficient (Wildman–Crippen LogP) is 5.00. The van der Waals surface area contributed by atoms with Crippen molar-refractivity contribution in [3.63, 3.8) is 0 Å². The third-order valence-electron chi connectivity index (χ3n) is 3.94. The van der Waals surface area contributed by atoms with Gasteiger partial charge >= 0.3 is 0 Å². The van der Waals surface area contributed by atoms with E-state index in [2.05, 4.69) is 9.97 Å². The van der Waals surface area contributed by atoms with Gasteiger partial charge in [-0.25, -0.2) is 4.98 Å². The van der Waals surface area contributed by atoms with Crippen LogP contribution in [0.2, 0.25) is 5.02 Å². The molecule has 0 radical (unpaired) electrons. The molecule has 0 bridgehead atoms. The Hall–Kier alpha value is -2.59. The molecule has 0 N–H and O–H groups in total. The van der Waals surface area contributed by atoms with Gasteiger partial charge in [0.2, 0.25) is 5.88 Å². The number of ether oxygens (including phenoxy) is 2. The Bertz CT molecular complexity index is 897. The number of halogens is 1. The van der Waals surface area contributed by atoms with E-state index in [4.69, 9.17) is 21.1 Å². The summed E-state index contributed by atoms with van der Waals surface area (Å²) in [6, 6.07) is 15.3. The first kappa shape index (κ1) is 17.2. The van der Waals surface area contributed by atoms with Crippen LogP contribution in [0.25, 0.3) is 11.4 Å². The number of benzene rings is 2. The minimum absolute atomic E-state index is 0.406. The molecule has 25 heavy (non-hydrogen) atoms. The summed E-state index contributed by atoms with van der Waals surface area (Å²) in [7, 11) is 1.65. The van der Waals surface area contributed by atoms with E-state index >= 15 is 0 Å². The maximum absolute atomic E-state index is 6.08. The predicted molar refractivity (Wildman–Crippen MR) is 99.3 cm³/mol. The van der Waals surface area contributed by atoms with Gasteiger partial charge in [-0.15, -0.1) is 0 Å². The van der Waals surface area contributed by atoms with Gasteiger partial charge in [0, 0.05) is 21.8 Å². The quantitative estimate of drug-likeness (QED) is 0.646. The first-order chi connectivity index (χ1) is 12.1. The highest BCUT2D eigenvalue weighted by Gasteiger charge is 2.11. The zero-order valence-electron chi connectivity index (χ0n) is 14.4. The Balaban J connectivity index is 1.88. The molecule has 0 spiro atoms. The van der Waals surface area contributed by atoms with Gasteiger partial charge in [-0.1, -0.05) is 35.9 Å². The second-order valence-corrected chi connectivity index (χ2v) is 6.15. The molecule has 0 unspecified atom stereocenters. The summed E-state index contributed by atoms with van der Waals surface area (Å²) in [5.74, 6) is 1.98. The zero-order valence-corrected chi connectivity index (χ0v) is 15.2. The lowest BCUT2D eigenvalue weighted by Crippen LogP contribution is -2.04. The molecule has 1 heterocycles. The van der Waals surface area contributed by atoms with Crippen molar-refractivity contribution in [1.29, 1.82) is 0 Å². The van der Waals surface area contributed by atoms with Crippen LogP contribution < -0.4 is 9.47 Å². The summed E-state index contributed by atoms with van der Waals surface area (Å²) in [6.45, 7) is 4.31. The third-order valence-corrected chi connectivity index (χ3v) is 4.17. The molecule has 2 aromatic carbocycles. The molecule has 0 saturated heterocycles. The molecular formula is C20H19ClN2O2. The molecule has 3 rings (SSSR count). The summed E-state index contributed by atoms with van der Waals surface area (Å²) >= 11 is 6.08. The van der Waals surface area contributed by atoms with Crippen LogP contribution in [-0.4, -0.2) is 17.1 Å². The third kappa shape index (κ3) is 4.09. The second kappa shape index (κ2) is 7.53. The van der Waals surface area contributed by atoms with Crippen LogP contribution in [0.3, 0.4) is 0 Å². The van der Waals surface area contributed by atoms with Crippen molar-refractivity contribution >= 4 is 11.6 Å². The fraction of sp³-hybridized carbons (Fsp3) is 0.200. The molecule has 0 atom stereocenters. The minimum atomic E-state index is 0.406. The van der Waals surface area contributed by atoms with Gasteiger partial charge in [-0.05, 0) is 43.7 Å². The first-order valence-corrected chi connectivity index (χ1v) is 8.31. The van der Waals surface area contributed by atoms with Gasteiger partial charge in [0.15, 0.2) is 5.82 Å². The Labute approximate surface area is 152 Å².